The van der Waals surface area contributed by atoms with E-state index in [1.54, 1.807) is 20.7 Å². The second-order valence-corrected chi connectivity index (χ2v) is 20.3. The first-order valence-electron chi connectivity index (χ1n) is 10.4. The molecule has 0 N–H and O–H groups in total. The lowest BCUT2D eigenvalue weighted by Gasteiger charge is -2.21. The Morgan fingerprint density at radius 3 is 1.27 bits per heavy atom. The predicted molar refractivity (Wildman–Crippen MR) is 144 cm³/mol. The van der Waals surface area contributed by atoms with Gasteiger partial charge in [-0.15, -0.1) is 0 Å². The Labute approximate surface area is 196 Å². The third-order valence-corrected chi connectivity index (χ3v) is 15.4. The molecule has 30 heavy (non-hydrogen) atoms. The molecule has 0 saturated carbocycles. The van der Waals surface area contributed by atoms with E-state index in [2.05, 4.69) is 119 Å². The Hall–Kier alpha value is -1.47. The molecule has 0 amide bonds. The fourth-order valence-corrected chi connectivity index (χ4v) is 12.5. The van der Waals surface area contributed by atoms with Crippen LogP contribution in [0.25, 0.3) is 33.0 Å². The van der Waals surface area contributed by atoms with E-state index < -0.39 is 16.1 Å². The van der Waals surface area contributed by atoms with Crippen LogP contribution in [0.5, 0.6) is 0 Å². The minimum absolute atomic E-state index is 1.17. The molecule has 0 saturated heterocycles. The number of halogens is 2. The van der Waals surface area contributed by atoms with Crippen molar-refractivity contribution in [1.29, 1.82) is 0 Å². The van der Waals surface area contributed by atoms with Crippen LogP contribution in [0, 0.1) is 0 Å². The smallest absolute Gasteiger partial charge is 0.0616 e. The number of hydrogen-bond donors (Lipinski definition) is 0. The Kier molecular flexibility index (Phi) is 3.89. The predicted octanol–water partition coefficient (Wildman–Crippen LogP) is 5.97. The van der Waals surface area contributed by atoms with E-state index in [4.69, 9.17) is 0 Å². The summed E-state index contributed by atoms with van der Waals surface area (Å²) in [5.74, 6) is 0. The molecular weight excluding hydrogens is 528 g/mol. The second kappa shape index (κ2) is 6.07. The largest absolute Gasteiger partial charge is 0.113 e. The van der Waals surface area contributed by atoms with Crippen molar-refractivity contribution < 1.29 is 0 Å². The molecule has 0 spiro atoms. The van der Waals surface area contributed by atoms with Gasteiger partial charge in [-0.05, 0) is 90.2 Å². The van der Waals surface area contributed by atoms with Gasteiger partial charge in [-0.2, -0.15) is 0 Å². The van der Waals surface area contributed by atoms with Crippen molar-refractivity contribution in [3.8, 4) is 22.3 Å². The van der Waals surface area contributed by atoms with E-state index in [-0.39, 0.29) is 0 Å². The number of rotatable bonds is 0. The second-order valence-electron chi connectivity index (χ2n) is 9.77. The van der Waals surface area contributed by atoms with Gasteiger partial charge in [-0.25, -0.2) is 0 Å². The highest BCUT2D eigenvalue weighted by Gasteiger charge is 2.40. The van der Waals surface area contributed by atoms with Gasteiger partial charge in [0.15, 0.2) is 0 Å². The maximum absolute atomic E-state index is 3.70. The van der Waals surface area contributed by atoms with Crippen molar-refractivity contribution in [2.24, 2.45) is 0 Å². The van der Waals surface area contributed by atoms with Crippen molar-refractivity contribution in [3.05, 3.63) is 69.6 Å². The van der Waals surface area contributed by atoms with Gasteiger partial charge in [0.1, 0.15) is 16.1 Å². The maximum Gasteiger partial charge on any atom is 0.113 e. The minimum atomic E-state index is -1.67. The van der Waals surface area contributed by atoms with E-state index in [1.807, 2.05) is 0 Å². The van der Waals surface area contributed by atoms with Crippen molar-refractivity contribution in [2.75, 3.05) is 0 Å². The summed E-state index contributed by atoms with van der Waals surface area (Å²) < 4.78 is 2.33. The summed E-state index contributed by atoms with van der Waals surface area (Å²) in [7, 11) is -3.34. The number of fused-ring (bicyclic) bond motifs is 7. The van der Waals surface area contributed by atoms with Gasteiger partial charge in [-0.1, -0.05) is 82.3 Å². The molecule has 2 aliphatic heterocycles. The molecule has 2 aliphatic rings. The van der Waals surface area contributed by atoms with Crippen molar-refractivity contribution in [3.63, 3.8) is 0 Å². The number of hydrogen-bond acceptors (Lipinski definition) is 0. The van der Waals surface area contributed by atoms with Crippen LogP contribution in [-0.2, 0) is 0 Å². The van der Waals surface area contributed by atoms with Gasteiger partial charge < -0.3 is 0 Å². The van der Waals surface area contributed by atoms with Gasteiger partial charge >= 0.3 is 0 Å². The lowest BCUT2D eigenvalue weighted by molar-refractivity contribution is 1.67. The molecule has 0 bridgehead atoms. The average molecular weight is 550 g/mol. The molecule has 0 atom stereocenters. The van der Waals surface area contributed by atoms with Crippen molar-refractivity contribution >= 4 is 79.5 Å². The molecule has 2 heterocycles. The first kappa shape index (κ1) is 19.2. The zero-order valence-corrected chi connectivity index (χ0v) is 22.7. The standard InChI is InChI=1S/C26H22Br2Si2/c1-29(2)23-7-5-17(27)13-21(23)19-9-15-10-20-22-14-18(28)6-8-24(22)30(3,4)26(20)12-16(15)11-25(19)29/h5-14H,1-4H3. The SMILES string of the molecule is C[Si]1(C)c2ccc(Br)cc2-c2cc3cc4c(cc3cc21)[Si](C)(C)c1ccc(Br)cc1-4. The zero-order valence-electron chi connectivity index (χ0n) is 17.5. The molecule has 4 aromatic carbocycles. The fourth-order valence-electron chi connectivity index (χ4n) is 5.69. The summed E-state index contributed by atoms with van der Waals surface area (Å²) in [6, 6.07) is 23.7. The quantitative estimate of drug-likeness (QED) is 0.237. The summed E-state index contributed by atoms with van der Waals surface area (Å²) >= 11 is 7.39. The number of benzene rings is 4. The molecule has 0 nitrogen and oxygen atoms in total. The van der Waals surface area contributed by atoms with E-state index in [9.17, 15) is 0 Å². The molecule has 148 valence electrons. The van der Waals surface area contributed by atoms with E-state index in [1.165, 1.54) is 42.0 Å². The maximum atomic E-state index is 3.70. The van der Waals surface area contributed by atoms with Crippen LogP contribution in [0.3, 0.4) is 0 Å². The summed E-state index contributed by atoms with van der Waals surface area (Å²) in [6.07, 6.45) is 0. The zero-order chi connectivity index (χ0) is 21.0. The average Bonchev–Trinajstić information content (AvgIpc) is 3.03. The highest BCUT2D eigenvalue weighted by Crippen LogP contribution is 2.36. The fraction of sp³-hybridized carbons (Fsp3) is 0.154. The Morgan fingerprint density at radius 1 is 0.467 bits per heavy atom. The molecule has 0 unspecified atom stereocenters. The molecule has 0 aliphatic carbocycles. The van der Waals surface area contributed by atoms with Crippen LogP contribution in [0.4, 0.5) is 0 Å². The van der Waals surface area contributed by atoms with E-state index in [0.717, 1.165) is 0 Å². The lowest BCUT2D eigenvalue weighted by Crippen LogP contribution is -2.49. The van der Waals surface area contributed by atoms with E-state index in [0.29, 0.717) is 0 Å². The van der Waals surface area contributed by atoms with Crippen molar-refractivity contribution in [2.45, 2.75) is 26.2 Å². The van der Waals surface area contributed by atoms with Crippen LogP contribution in [0.15, 0.2) is 69.6 Å². The monoisotopic (exact) mass is 548 g/mol. The van der Waals surface area contributed by atoms with Crippen molar-refractivity contribution in [1.82, 2.24) is 0 Å². The molecule has 4 heteroatoms. The Bertz CT molecular complexity index is 1310. The third-order valence-electron chi connectivity index (χ3n) is 7.35. The Balaban J connectivity index is 1.67. The topological polar surface area (TPSA) is 0 Å². The molecule has 0 aromatic heterocycles. The molecule has 6 rings (SSSR count). The minimum Gasteiger partial charge on any atom is -0.0616 e. The first-order chi connectivity index (χ1) is 14.2. The Morgan fingerprint density at radius 2 is 0.833 bits per heavy atom. The van der Waals surface area contributed by atoms with Crippen LogP contribution in [0.2, 0.25) is 26.2 Å². The summed E-state index contributed by atoms with van der Waals surface area (Å²) in [4.78, 5) is 0. The molecule has 4 aromatic rings. The summed E-state index contributed by atoms with van der Waals surface area (Å²) in [5.41, 5.74) is 5.74. The third kappa shape index (κ3) is 2.42. The van der Waals surface area contributed by atoms with Crippen LogP contribution in [0.1, 0.15) is 0 Å². The van der Waals surface area contributed by atoms with Gasteiger partial charge in [0, 0.05) is 8.95 Å². The van der Waals surface area contributed by atoms with Crippen LogP contribution in [-0.4, -0.2) is 16.1 Å². The van der Waals surface area contributed by atoms with Gasteiger partial charge in [-0.3, -0.25) is 0 Å². The molecular formula is C26H22Br2Si2. The molecule has 0 radical (unpaired) electrons. The van der Waals surface area contributed by atoms with Gasteiger partial charge in [0.05, 0.1) is 0 Å². The highest BCUT2D eigenvalue weighted by molar-refractivity contribution is 9.10. The molecule has 0 fully saturated rings. The van der Waals surface area contributed by atoms with Gasteiger partial charge in [0.2, 0.25) is 0 Å². The first-order valence-corrected chi connectivity index (χ1v) is 18.0. The highest BCUT2D eigenvalue weighted by atomic mass is 79.9. The normalized spacial score (nSPS) is 16.9. The van der Waals surface area contributed by atoms with Crippen LogP contribution < -0.4 is 20.7 Å². The summed E-state index contributed by atoms with van der Waals surface area (Å²) in [5, 5.41) is 9.07. The van der Waals surface area contributed by atoms with E-state index >= 15 is 0 Å². The summed E-state index contributed by atoms with van der Waals surface area (Å²) in [6.45, 7) is 9.99. The van der Waals surface area contributed by atoms with Crippen LogP contribution >= 0.6 is 31.9 Å². The van der Waals surface area contributed by atoms with Gasteiger partial charge in [0.25, 0.3) is 0 Å². The lowest BCUT2D eigenvalue weighted by atomic mass is 9.97.